The quantitative estimate of drug-likeness (QED) is 0.711. The van der Waals surface area contributed by atoms with Gasteiger partial charge in [0.25, 0.3) is 0 Å². The van der Waals surface area contributed by atoms with Crippen molar-refractivity contribution >= 4 is 0 Å². The Bertz CT molecular complexity index is 279. The molecule has 0 aliphatic rings. The van der Waals surface area contributed by atoms with E-state index < -0.39 is 0 Å². The predicted molar refractivity (Wildman–Crippen MR) is 60.6 cm³/mol. The first-order chi connectivity index (χ1) is 6.74. The number of hydrogen-bond acceptors (Lipinski definition) is 1. The molecule has 0 saturated heterocycles. The van der Waals surface area contributed by atoms with E-state index in [9.17, 15) is 0 Å². The lowest BCUT2D eigenvalue weighted by molar-refractivity contribution is 0.283. The Morgan fingerprint density at radius 3 is 2.43 bits per heavy atom. The highest BCUT2D eigenvalue weighted by molar-refractivity contribution is 5.29. The molecule has 0 unspecified atom stereocenters. The van der Waals surface area contributed by atoms with Crippen molar-refractivity contribution in [3.05, 3.63) is 34.9 Å². The molecule has 1 rings (SSSR count). The third kappa shape index (κ3) is 3.51. The lowest BCUT2D eigenvalue weighted by Crippen LogP contribution is -1.90. The maximum absolute atomic E-state index is 8.64. The average Bonchev–Trinajstić information content (AvgIpc) is 2.18. The van der Waals surface area contributed by atoms with Crippen LogP contribution in [0.5, 0.6) is 0 Å². The Morgan fingerprint density at radius 2 is 1.79 bits per heavy atom. The average molecular weight is 192 g/mol. The summed E-state index contributed by atoms with van der Waals surface area (Å²) in [6.07, 6.45) is 4.39. The zero-order valence-corrected chi connectivity index (χ0v) is 9.21. The fourth-order valence-corrected chi connectivity index (χ4v) is 1.58. The lowest BCUT2D eigenvalue weighted by Gasteiger charge is -2.04. The summed E-state index contributed by atoms with van der Waals surface area (Å²) in [6.45, 7) is 4.63. The second-order valence-electron chi connectivity index (χ2n) is 3.95. The molecule has 0 aromatic heterocycles. The summed E-state index contributed by atoms with van der Waals surface area (Å²) in [5.74, 6) is 0. The van der Waals surface area contributed by atoms with Crippen LogP contribution >= 0.6 is 0 Å². The molecule has 0 radical (unpaired) electrons. The van der Waals surface area contributed by atoms with Gasteiger partial charge < -0.3 is 5.11 Å². The van der Waals surface area contributed by atoms with E-state index in [4.69, 9.17) is 5.11 Å². The molecule has 1 N–H and O–H groups in total. The van der Waals surface area contributed by atoms with Gasteiger partial charge in [0.15, 0.2) is 0 Å². The molecule has 0 bridgehead atoms. The van der Waals surface area contributed by atoms with Crippen LogP contribution in [0.2, 0.25) is 0 Å². The molecule has 1 aromatic rings. The fourth-order valence-electron chi connectivity index (χ4n) is 1.58. The van der Waals surface area contributed by atoms with E-state index in [0.29, 0.717) is 6.61 Å². The minimum absolute atomic E-state index is 0.326. The maximum atomic E-state index is 8.64. The first-order valence-corrected chi connectivity index (χ1v) is 5.41. The number of aliphatic hydroxyl groups excluding tert-OH is 1. The Morgan fingerprint density at radius 1 is 1.00 bits per heavy atom. The smallest absolute Gasteiger partial charge is 0.0431 e. The van der Waals surface area contributed by atoms with E-state index >= 15 is 0 Å². The van der Waals surface area contributed by atoms with Crippen molar-refractivity contribution in [2.75, 3.05) is 6.61 Å². The molecule has 0 fully saturated rings. The van der Waals surface area contributed by atoms with Gasteiger partial charge >= 0.3 is 0 Å². The van der Waals surface area contributed by atoms with Crippen molar-refractivity contribution in [3.63, 3.8) is 0 Å². The standard InChI is InChI=1S/C13H20O/c1-11-7-8-13(10-12(11)2)6-4-3-5-9-14/h7-8,10,14H,3-6,9H2,1-2H3. The maximum Gasteiger partial charge on any atom is 0.0431 e. The third-order valence-corrected chi connectivity index (χ3v) is 2.69. The second-order valence-corrected chi connectivity index (χ2v) is 3.95. The van der Waals surface area contributed by atoms with E-state index in [0.717, 1.165) is 19.3 Å². The molecule has 1 nitrogen and oxygen atoms in total. The lowest BCUT2D eigenvalue weighted by atomic mass is 10.0. The molecule has 0 heterocycles. The monoisotopic (exact) mass is 192 g/mol. The summed E-state index contributed by atoms with van der Waals surface area (Å²) in [5, 5.41) is 8.64. The van der Waals surface area contributed by atoms with Crippen molar-refractivity contribution in [2.45, 2.75) is 39.5 Å². The number of aryl methyl sites for hydroxylation is 3. The van der Waals surface area contributed by atoms with Crippen LogP contribution in [0.15, 0.2) is 18.2 Å². The summed E-state index contributed by atoms with van der Waals surface area (Å²) in [7, 11) is 0. The number of hydrogen-bond donors (Lipinski definition) is 1. The van der Waals surface area contributed by atoms with Crippen LogP contribution in [0.25, 0.3) is 0 Å². The van der Waals surface area contributed by atoms with Crippen LogP contribution in [0, 0.1) is 13.8 Å². The summed E-state index contributed by atoms with van der Waals surface area (Å²) >= 11 is 0. The van der Waals surface area contributed by atoms with Crippen LogP contribution in [0.1, 0.15) is 36.0 Å². The molecule has 0 saturated carbocycles. The minimum Gasteiger partial charge on any atom is -0.396 e. The van der Waals surface area contributed by atoms with E-state index in [1.54, 1.807) is 0 Å². The van der Waals surface area contributed by atoms with Crippen LogP contribution in [-0.4, -0.2) is 11.7 Å². The summed E-state index contributed by atoms with van der Waals surface area (Å²) in [4.78, 5) is 0. The molecule has 0 atom stereocenters. The molecule has 0 spiro atoms. The highest BCUT2D eigenvalue weighted by Gasteiger charge is 1.96. The van der Waals surface area contributed by atoms with Crippen molar-refractivity contribution < 1.29 is 5.11 Å². The van der Waals surface area contributed by atoms with Gasteiger partial charge in [-0.3, -0.25) is 0 Å². The summed E-state index contributed by atoms with van der Waals surface area (Å²) < 4.78 is 0. The highest BCUT2D eigenvalue weighted by Crippen LogP contribution is 2.12. The van der Waals surface area contributed by atoms with Crippen LogP contribution in [-0.2, 0) is 6.42 Å². The SMILES string of the molecule is Cc1ccc(CCCCCO)cc1C. The molecule has 0 amide bonds. The molecule has 1 heteroatoms. The van der Waals surface area contributed by atoms with Crippen LogP contribution in [0.4, 0.5) is 0 Å². The van der Waals surface area contributed by atoms with Crippen molar-refractivity contribution in [1.29, 1.82) is 0 Å². The third-order valence-electron chi connectivity index (χ3n) is 2.69. The summed E-state index contributed by atoms with van der Waals surface area (Å²) in [5.41, 5.74) is 4.17. The van der Waals surface area contributed by atoms with Gasteiger partial charge in [-0.05, 0) is 49.8 Å². The Labute approximate surface area is 86.8 Å². The molecular formula is C13H20O. The number of rotatable bonds is 5. The minimum atomic E-state index is 0.326. The molecule has 0 aliphatic heterocycles. The zero-order chi connectivity index (χ0) is 10.4. The molecule has 0 aliphatic carbocycles. The van der Waals surface area contributed by atoms with Gasteiger partial charge in [-0.15, -0.1) is 0 Å². The van der Waals surface area contributed by atoms with Crippen molar-refractivity contribution in [1.82, 2.24) is 0 Å². The Kier molecular flexibility index (Phi) is 4.68. The Hall–Kier alpha value is -0.820. The highest BCUT2D eigenvalue weighted by atomic mass is 16.2. The zero-order valence-electron chi connectivity index (χ0n) is 9.21. The number of aliphatic hydroxyl groups is 1. The molecule has 1 aromatic carbocycles. The van der Waals surface area contributed by atoms with E-state index in [-0.39, 0.29) is 0 Å². The second kappa shape index (κ2) is 5.82. The normalized spacial score (nSPS) is 10.5. The topological polar surface area (TPSA) is 20.2 Å². The largest absolute Gasteiger partial charge is 0.396 e. The van der Waals surface area contributed by atoms with E-state index in [1.807, 2.05) is 0 Å². The first-order valence-electron chi connectivity index (χ1n) is 5.41. The van der Waals surface area contributed by atoms with Gasteiger partial charge in [0.05, 0.1) is 0 Å². The van der Waals surface area contributed by atoms with Gasteiger partial charge in [0.2, 0.25) is 0 Å². The van der Waals surface area contributed by atoms with E-state index in [2.05, 4.69) is 32.0 Å². The fraction of sp³-hybridized carbons (Fsp3) is 0.538. The van der Waals surface area contributed by atoms with E-state index in [1.165, 1.54) is 23.1 Å². The van der Waals surface area contributed by atoms with Crippen LogP contribution < -0.4 is 0 Å². The molecule has 78 valence electrons. The first kappa shape index (κ1) is 11.3. The Balaban J connectivity index is 2.39. The van der Waals surface area contributed by atoms with Gasteiger partial charge in [0.1, 0.15) is 0 Å². The van der Waals surface area contributed by atoms with Gasteiger partial charge in [-0.1, -0.05) is 24.6 Å². The van der Waals surface area contributed by atoms with Gasteiger partial charge in [0, 0.05) is 6.61 Å². The van der Waals surface area contributed by atoms with Gasteiger partial charge in [-0.25, -0.2) is 0 Å². The summed E-state index contributed by atoms with van der Waals surface area (Å²) in [6, 6.07) is 6.67. The van der Waals surface area contributed by atoms with Crippen molar-refractivity contribution in [2.24, 2.45) is 0 Å². The number of unbranched alkanes of at least 4 members (excludes halogenated alkanes) is 2. The van der Waals surface area contributed by atoms with Gasteiger partial charge in [-0.2, -0.15) is 0 Å². The van der Waals surface area contributed by atoms with Crippen LogP contribution in [0.3, 0.4) is 0 Å². The molecular weight excluding hydrogens is 172 g/mol. The predicted octanol–water partition coefficient (Wildman–Crippen LogP) is 3.01. The molecule has 14 heavy (non-hydrogen) atoms. The number of benzene rings is 1. The van der Waals surface area contributed by atoms with Crippen molar-refractivity contribution in [3.8, 4) is 0 Å².